The van der Waals surface area contributed by atoms with Crippen molar-refractivity contribution >= 4 is 23.3 Å². The van der Waals surface area contributed by atoms with E-state index >= 15 is 0 Å². The highest BCUT2D eigenvalue weighted by Crippen LogP contribution is 2.24. The predicted octanol–water partition coefficient (Wildman–Crippen LogP) is 3.92. The highest BCUT2D eigenvalue weighted by molar-refractivity contribution is 5.85. The van der Waals surface area contributed by atoms with Crippen molar-refractivity contribution < 1.29 is 0 Å². The Morgan fingerprint density at radius 1 is 1.33 bits per heavy atom. The molecule has 0 aliphatic carbocycles. The Morgan fingerprint density at radius 2 is 2.06 bits per heavy atom. The molecular weight excluding hydrogens is 244 g/mol. The number of para-hydroxylation sites is 1. The van der Waals surface area contributed by atoms with E-state index in [2.05, 4.69) is 60.8 Å². The molecule has 1 heterocycles. The van der Waals surface area contributed by atoms with E-state index in [1.807, 2.05) is 6.08 Å². The maximum Gasteiger partial charge on any atom is 0.0486 e. The van der Waals surface area contributed by atoms with E-state index in [4.69, 9.17) is 0 Å². The minimum atomic E-state index is 0. The Labute approximate surface area is 115 Å². The van der Waals surface area contributed by atoms with Gasteiger partial charge in [0.05, 0.1) is 0 Å². The third-order valence-corrected chi connectivity index (χ3v) is 2.98. The summed E-state index contributed by atoms with van der Waals surface area (Å²) in [6.45, 7) is 9.89. The summed E-state index contributed by atoms with van der Waals surface area (Å²) in [6.07, 6.45) is 4.15. The van der Waals surface area contributed by atoms with Gasteiger partial charge in [-0.2, -0.15) is 0 Å². The van der Waals surface area contributed by atoms with Gasteiger partial charge >= 0.3 is 0 Å². The number of rotatable bonds is 5. The van der Waals surface area contributed by atoms with Gasteiger partial charge in [0.2, 0.25) is 0 Å². The average molecular weight is 265 g/mol. The zero-order chi connectivity index (χ0) is 12.3. The Kier molecular flexibility index (Phi) is 5.45. The molecule has 0 amide bonds. The maximum atomic E-state index is 3.72. The van der Waals surface area contributed by atoms with E-state index in [1.165, 1.54) is 16.5 Å². The summed E-state index contributed by atoms with van der Waals surface area (Å²) < 4.78 is 2.33. The lowest BCUT2D eigenvalue weighted by atomic mass is 10.2. The Balaban J connectivity index is 0.00000162. The fourth-order valence-electron chi connectivity index (χ4n) is 2.15. The molecule has 0 fully saturated rings. The van der Waals surface area contributed by atoms with Gasteiger partial charge in [0.15, 0.2) is 0 Å². The van der Waals surface area contributed by atoms with Gasteiger partial charge in [-0.05, 0) is 25.5 Å². The third-order valence-electron chi connectivity index (χ3n) is 2.98. The van der Waals surface area contributed by atoms with Gasteiger partial charge in [-0.1, -0.05) is 24.3 Å². The van der Waals surface area contributed by atoms with Gasteiger partial charge in [0.1, 0.15) is 0 Å². The molecule has 0 saturated carbocycles. The molecule has 0 spiro atoms. The van der Waals surface area contributed by atoms with Crippen LogP contribution in [0.3, 0.4) is 0 Å². The summed E-state index contributed by atoms with van der Waals surface area (Å²) in [7, 11) is 0. The second-order valence-electron chi connectivity index (χ2n) is 4.59. The number of benzene rings is 1. The Morgan fingerprint density at radius 3 is 2.72 bits per heavy atom. The lowest BCUT2D eigenvalue weighted by molar-refractivity contribution is 0.619. The molecule has 0 saturated heterocycles. The van der Waals surface area contributed by atoms with Crippen LogP contribution in [0.4, 0.5) is 0 Å². The first-order valence-electron chi connectivity index (χ1n) is 6.14. The third kappa shape index (κ3) is 2.95. The van der Waals surface area contributed by atoms with E-state index in [0.29, 0.717) is 6.04 Å². The Bertz CT molecular complexity index is 514. The normalized spacial score (nSPS) is 10.6. The standard InChI is InChI=1S/C15H20N2.ClH/c1-4-9-16-10-13-11-17(12(2)3)15-8-6-5-7-14(13)15;/h4-8,11-12,16H,1,9-10H2,2-3H3;1H. The van der Waals surface area contributed by atoms with Crippen molar-refractivity contribution in [1.29, 1.82) is 0 Å². The molecule has 3 heteroatoms. The summed E-state index contributed by atoms with van der Waals surface area (Å²) in [5, 5.41) is 4.71. The van der Waals surface area contributed by atoms with Crippen molar-refractivity contribution in [1.82, 2.24) is 9.88 Å². The molecule has 1 aromatic heterocycles. The zero-order valence-electron chi connectivity index (χ0n) is 11.0. The maximum absolute atomic E-state index is 3.72. The van der Waals surface area contributed by atoms with Crippen LogP contribution in [-0.4, -0.2) is 11.1 Å². The van der Waals surface area contributed by atoms with Crippen LogP contribution in [0, 0.1) is 0 Å². The van der Waals surface area contributed by atoms with Gasteiger partial charge in [-0.25, -0.2) is 0 Å². The molecule has 0 radical (unpaired) electrons. The van der Waals surface area contributed by atoms with Crippen molar-refractivity contribution in [3.63, 3.8) is 0 Å². The molecule has 0 atom stereocenters. The molecule has 0 aliphatic rings. The van der Waals surface area contributed by atoms with Gasteiger partial charge in [-0.3, -0.25) is 0 Å². The first-order valence-corrected chi connectivity index (χ1v) is 6.14. The fourth-order valence-corrected chi connectivity index (χ4v) is 2.15. The highest BCUT2D eigenvalue weighted by Gasteiger charge is 2.09. The number of hydrogen-bond donors (Lipinski definition) is 1. The van der Waals surface area contributed by atoms with Gasteiger partial charge in [-0.15, -0.1) is 19.0 Å². The zero-order valence-corrected chi connectivity index (χ0v) is 11.8. The topological polar surface area (TPSA) is 17.0 Å². The van der Waals surface area contributed by atoms with Crippen LogP contribution in [0.1, 0.15) is 25.5 Å². The SMILES string of the molecule is C=CCNCc1cn(C(C)C)c2ccccc12.Cl. The molecule has 2 rings (SSSR count). The van der Waals surface area contributed by atoms with Gasteiger partial charge < -0.3 is 9.88 Å². The van der Waals surface area contributed by atoms with E-state index in [0.717, 1.165) is 13.1 Å². The van der Waals surface area contributed by atoms with E-state index < -0.39 is 0 Å². The molecule has 0 unspecified atom stereocenters. The van der Waals surface area contributed by atoms with Crippen LogP contribution in [0.2, 0.25) is 0 Å². The number of hydrogen-bond acceptors (Lipinski definition) is 1. The molecule has 18 heavy (non-hydrogen) atoms. The summed E-state index contributed by atoms with van der Waals surface area (Å²) in [4.78, 5) is 0. The number of nitrogens with zero attached hydrogens (tertiary/aromatic N) is 1. The monoisotopic (exact) mass is 264 g/mol. The molecule has 2 aromatic rings. The van der Waals surface area contributed by atoms with Crippen LogP contribution >= 0.6 is 12.4 Å². The van der Waals surface area contributed by atoms with Crippen molar-refractivity contribution in [2.45, 2.75) is 26.4 Å². The lowest BCUT2D eigenvalue weighted by Gasteiger charge is -2.08. The molecule has 0 aliphatic heterocycles. The number of nitrogens with one attached hydrogen (secondary N) is 1. The number of fused-ring (bicyclic) bond motifs is 1. The van der Waals surface area contributed by atoms with Gasteiger partial charge in [0.25, 0.3) is 0 Å². The summed E-state index contributed by atoms with van der Waals surface area (Å²) >= 11 is 0. The molecular formula is C15H21ClN2. The van der Waals surface area contributed by atoms with Crippen LogP contribution < -0.4 is 5.32 Å². The van der Waals surface area contributed by atoms with E-state index in [1.54, 1.807) is 0 Å². The lowest BCUT2D eigenvalue weighted by Crippen LogP contribution is -2.12. The van der Waals surface area contributed by atoms with Crippen molar-refractivity contribution in [3.8, 4) is 0 Å². The highest BCUT2D eigenvalue weighted by atomic mass is 35.5. The molecule has 1 N–H and O–H groups in total. The second kappa shape index (κ2) is 6.62. The van der Waals surface area contributed by atoms with Crippen LogP contribution in [0.25, 0.3) is 10.9 Å². The number of halogens is 1. The van der Waals surface area contributed by atoms with Crippen LogP contribution in [-0.2, 0) is 6.54 Å². The van der Waals surface area contributed by atoms with Crippen molar-refractivity contribution in [2.24, 2.45) is 0 Å². The first-order chi connectivity index (χ1) is 8.24. The van der Waals surface area contributed by atoms with Crippen LogP contribution in [0.15, 0.2) is 43.1 Å². The largest absolute Gasteiger partial charge is 0.345 e. The molecule has 1 aromatic carbocycles. The average Bonchev–Trinajstić information content (AvgIpc) is 2.69. The van der Waals surface area contributed by atoms with Gasteiger partial charge in [0, 0.05) is 36.2 Å². The summed E-state index contributed by atoms with van der Waals surface area (Å²) in [6, 6.07) is 9.07. The second-order valence-corrected chi connectivity index (χ2v) is 4.59. The van der Waals surface area contributed by atoms with E-state index in [-0.39, 0.29) is 12.4 Å². The van der Waals surface area contributed by atoms with Crippen molar-refractivity contribution in [2.75, 3.05) is 6.54 Å². The molecule has 0 bridgehead atoms. The Hall–Kier alpha value is -1.25. The number of aromatic nitrogens is 1. The molecule has 98 valence electrons. The smallest absolute Gasteiger partial charge is 0.0486 e. The molecule has 2 nitrogen and oxygen atoms in total. The fraction of sp³-hybridized carbons (Fsp3) is 0.333. The van der Waals surface area contributed by atoms with E-state index in [9.17, 15) is 0 Å². The van der Waals surface area contributed by atoms with Crippen LogP contribution in [0.5, 0.6) is 0 Å². The van der Waals surface area contributed by atoms with Crippen molar-refractivity contribution in [3.05, 3.63) is 48.7 Å². The summed E-state index contributed by atoms with van der Waals surface area (Å²) in [5.74, 6) is 0. The minimum absolute atomic E-state index is 0. The minimum Gasteiger partial charge on any atom is -0.345 e. The summed E-state index contributed by atoms with van der Waals surface area (Å²) in [5.41, 5.74) is 2.68. The predicted molar refractivity (Wildman–Crippen MR) is 81.5 cm³/mol. The first kappa shape index (κ1) is 14.8. The quantitative estimate of drug-likeness (QED) is 0.640.